The summed E-state index contributed by atoms with van der Waals surface area (Å²) >= 11 is 0. The molecule has 2 fully saturated rings. The van der Waals surface area contributed by atoms with Crippen LogP contribution in [0.15, 0.2) is 12.7 Å². The maximum atomic E-state index is 11.8. The summed E-state index contributed by atoms with van der Waals surface area (Å²) in [5.74, 6) is -0.0147. The highest BCUT2D eigenvalue weighted by Crippen LogP contribution is 2.29. The second-order valence-electron chi connectivity index (χ2n) is 6.03. The number of likely N-dealkylation sites (tertiary alicyclic amines) is 1. The van der Waals surface area contributed by atoms with Gasteiger partial charge in [0, 0.05) is 13.1 Å². The van der Waals surface area contributed by atoms with Crippen LogP contribution in [0.4, 0.5) is 0 Å². The van der Waals surface area contributed by atoms with Gasteiger partial charge in [-0.25, -0.2) is 0 Å². The van der Waals surface area contributed by atoms with Gasteiger partial charge in [0.2, 0.25) is 6.41 Å². The highest BCUT2D eigenvalue weighted by Gasteiger charge is 2.31. The van der Waals surface area contributed by atoms with Crippen LogP contribution in [-0.4, -0.2) is 49.7 Å². The van der Waals surface area contributed by atoms with Gasteiger partial charge in [0.25, 0.3) is 0 Å². The Morgan fingerprint density at radius 3 is 2.55 bits per heavy atom. The molecule has 126 valence electrons. The lowest BCUT2D eigenvalue weighted by atomic mass is 9.87. The van der Waals surface area contributed by atoms with Crippen LogP contribution in [-0.2, 0) is 19.0 Å². The van der Waals surface area contributed by atoms with E-state index in [9.17, 15) is 4.79 Å². The molecule has 0 radical (unpaired) electrons. The first-order chi connectivity index (χ1) is 10.7. The highest BCUT2D eigenvalue weighted by atomic mass is 16.7. The van der Waals surface area contributed by atoms with Crippen molar-refractivity contribution in [2.24, 2.45) is 5.92 Å². The molecule has 0 aromatic rings. The fourth-order valence-corrected chi connectivity index (χ4v) is 3.19. The van der Waals surface area contributed by atoms with E-state index in [0.29, 0.717) is 13.2 Å². The van der Waals surface area contributed by atoms with Gasteiger partial charge in [0.15, 0.2) is 0 Å². The minimum Gasteiger partial charge on any atom is -0.466 e. The monoisotopic (exact) mass is 311 g/mol. The van der Waals surface area contributed by atoms with Crippen molar-refractivity contribution in [1.29, 1.82) is 0 Å². The summed E-state index contributed by atoms with van der Waals surface area (Å²) in [6, 6.07) is 0. The molecule has 5 nitrogen and oxygen atoms in total. The number of carbonyl (C=O) groups excluding carboxylic acids is 1. The molecule has 0 spiro atoms. The molecule has 1 unspecified atom stereocenters. The zero-order valence-electron chi connectivity index (χ0n) is 13.7. The van der Waals surface area contributed by atoms with Crippen LogP contribution < -0.4 is 0 Å². The molecule has 0 bridgehead atoms. The van der Waals surface area contributed by atoms with Gasteiger partial charge in [-0.1, -0.05) is 6.08 Å². The molecule has 1 aliphatic heterocycles. The summed E-state index contributed by atoms with van der Waals surface area (Å²) < 4.78 is 17.1. The Hall–Kier alpha value is -0.910. The molecule has 2 rings (SSSR count). The quantitative estimate of drug-likeness (QED) is 0.392. The van der Waals surface area contributed by atoms with Gasteiger partial charge >= 0.3 is 5.97 Å². The van der Waals surface area contributed by atoms with E-state index in [0.717, 1.165) is 38.8 Å². The van der Waals surface area contributed by atoms with Gasteiger partial charge in [-0.05, 0) is 45.4 Å². The molecule has 0 aromatic carbocycles. The van der Waals surface area contributed by atoms with Crippen molar-refractivity contribution >= 4 is 5.97 Å². The van der Waals surface area contributed by atoms with Crippen molar-refractivity contribution in [1.82, 2.24) is 4.90 Å². The van der Waals surface area contributed by atoms with E-state index >= 15 is 0 Å². The smallest absolute Gasteiger partial charge is 0.308 e. The van der Waals surface area contributed by atoms with Gasteiger partial charge in [-0.3, -0.25) is 9.69 Å². The average molecular weight is 311 g/mol. The molecular formula is C17H29NO4. The molecule has 1 saturated carbocycles. The van der Waals surface area contributed by atoms with Crippen LogP contribution in [0.3, 0.4) is 0 Å². The first-order valence-corrected chi connectivity index (χ1v) is 8.53. The Kier molecular flexibility index (Phi) is 7.36. The Labute approximate surface area is 133 Å². The average Bonchev–Trinajstić information content (AvgIpc) is 3.06. The molecule has 1 aliphatic carbocycles. The molecule has 5 heteroatoms. The minimum atomic E-state index is -0.273. The molecule has 22 heavy (non-hydrogen) atoms. The van der Waals surface area contributed by atoms with Crippen LogP contribution in [0.2, 0.25) is 0 Å². The minimum absolute atomic E-state index is 0.0409. The van der Waals surface area contributed by atoms with E-state index < -0.39 is 0 Å². The second kappa shape index (κ2) is 9.28. The largest absolute Gasteiger partial charge is 0.466 e. The van der Waals surface area contributed by atoms with Crippen molar-refractivity contribution in [2.75, 3.05) is 26.3 Å². The predicted molar refractivity (Wildman–Crippen MR) is 84.2 cm³/mol. The summed E-state index contributed by atoms with van der Waals surface area (Å²) in [6.07, 6.45) is 7.53. The summed E-state index contributed by atoms with van der Waals surface area (Å²) in [4.78, 5) is 14.0. The van der Waals surface area contributed by atoms with Gasteiger partial charge in [-0.2, -0.15) is 0 Å². The number of rotatable bonds is 8. The summed E-state index contributed by atoms with van der Waals surface area (Å²) in [6.45, 7) is 8.57. The third-order valence-electron chi connectivity index (χ3n) is 4.40. The summed E-state index contributed by atoms with van der Waals surface area (Å²) in [7, 11) is 0. The first kappa shape index (κ1) is 17.4. The van der Waals surface area contributed by atoms with E-state index in [4.69, 9.17) is 14.2 Å². The SMILES string of the molecule is C=CCOC(O[C@H]1CC[C@H](C(=O)OCC)CC1)N1CCCC1. The lowest BCUT2D eigenvalue weighted by molar-refractivity contribution is -0.240. The van der Waals surface area contributed by atoms with E-state index in [1.807, 2.05) is 6.92 Å². The Balaban J connectivity index is 1.78. The number of carbonyl (C=O) groups is 1. The number of esters is 1. The first-order valence-electron chi connectivity index (χ1n) is 8.53. The normalized spacial score (nSPS) is 27.5. The van der Waals surface area contributed by atoms with Gasteiger partial charge in [0.1, 0.15) is 0 Å². The molecule has 1 atom stereocenters. The van der Waals surface area contributed by atoms with E-state index in [-0.39, 0.29) is 24.4 Å². The zero-order valence-corrected chi connectivity index (χ0v) is 13.7. The maximum absolute atomic E-state index is 11.8. The number of ether oxygens (including phenoxy) is 3. The van der Waals surface area contributed by atoms with Gasteiger partial charge in [-0.15, -0.1) is 6.58 Å². The van der Waals surface area contributed by atoms with Crippen molar-refractivity contribution in [3.05, 3.63) is 12.7 Å². The molecule has 0 aromatic heterocycles. The van der Waals surface area contributed by atoms with Crippen LogP contribution in [0.25, 0.3) is 0 Å². The standard InChI is InChI=1S/C17H29NO4/c1-3-13-21-17(18-11-5-6-12-18)22-15-9-7-14(8-10-15)16(19)20-4-2/h3,14-15,17H,1,4-13H2,2H3/t14-,15-,17?. The summed E-state index contributed by atoms with van der Waals surface area (Å²) in [5.41, 5.74) is 0. The van der Waals surface area contributed by atoms with E-state index in [1.54, 1.807) is 6.08 Å². The van der Waals surface area contributed by atoms with E-state index in [1.165, 1.54) is 12.8 Å². The lowest BCUT2D eigenvalue weighted by Crippen LogP contribution is -2.41. The van der Waals surface area contributed by atoms with Crippen LogP contribution in [0.1, 0.15) is 45.4 Å². The Bertz CT molecular complexity index is 347. The van der Waals surface area contributed by atoms with Crippen molar-refractivity contribution < 1.29 is 19.0 Å². The molecular weight excluding hydrogens is 282 g/mol. The Morgan fingerprint density at radius 2 is 1.95 bits per heavy atom. The molecule has 1 saturated heterocycles. The summed E-state index contributed by atoms with van der Waals surface area (Å²) in [5, 5.41) is 0. The zero-order chi connectivity index (χ0) is 15.8. The maximum Gasteiger partial charge on any atom is 0.308 e. The highest BCUT2D eigenvalue weighted by molar-refractivity contribution is 5.72. The molecule has 0 N–H and O–H groups in total. The van der Waals surface area contributed by atoms with Crippen LogP contribution in [0.5, 0.6) is 0 Å². The van der Waals surface area contributed by atoms with Gasteiger partial charge in [0.05, 0.1) is 25.2 Å². The van der Waals surface area contributed by atoms with Crippen molar-refractivity contribution in [2.45, 2.75) is 58.0 Å². The molecule has 0 amide bonds. The van der Waals surface area contributed by atoms with Gasteiger partial charge < -0.3 is 14.2 Å². The number of hydrogen-bond donors (Lipinski definition) is 0. The third kappa shape index (κ3) is 5.07. The number of nitrogens with zero attached hydrogens (tertiary/aromatic N) is 1. The fourth-order valence-electron chi connectivity index (χ4n) is 3.19. The number of hydrogen-bond acceptors (Lipinski definition) is 5. The third-order valence-corrected chi connectivity index (χ3v) is 4.40. The van der Waals surface area contributed by atoms with Crippen LogP contribution >= 0.6 is 0 Å². The fraction of sp³-hybridized carbons (Fsp3) is 0.824. The van der Waals surface area contributed by atoms with Crippen molar-refractivity contribution in [3.8, 4) is 0 Å². The topological polar surface area (TPSA) is 48.0 Å². The predicted octanol–water partition coefficient (Wildman–Crippen LogP) is 2.71. The van der Waals surface area contributed by atoms with Crippen molar-refractivity contribution in [3.63, 3.8) is 0 Å². The van der Waals surface area contributed by atoms with Crippen LogP contribution in [0, 0.1) is 5.92 Å². The van der Waals surface area contributed by atoms with E-state index in [2.05, 4.69) is 11.5 Å². The second-order valence-corrected chi connectivity index (χ2v) is 6.03. The molecule has 1 heterocycles. The Morgan fingerprint density at radius 1 is 1.27 bits per heavy atom. The molecule has 2 aliphatic rings. The lowest BCUT2D eigenvalue weighted by Gasteiger charge is -2.33.